The molecule has 3 aliphatic rings. The quantitative estimate of drug-likeness (QED) is 0.278. The van der Waals surface area contributed by atoms with Gasteiger partial charge in [0, 0.05) is 75.2 Å². The predicted molar refractivity (Wildman–Crippen MR) is 182 cm³/mol. The SMILES string of the molecule is CCCCOC(=O)N1CCN(C(=O)[C@H](CCC(=O)O)NC(=O)c2cc(N3CC4C(C3)C4NC(=O)OC(C)(C)C)nc(-c3ccccc3)n2)CC1. The second-order valence-electron chi connectivity index (χ2n) is 13.9. The number of piperazine rings is 1. The van der Waals surface area contributed by atoms with Gasteiger partial charge in [0.2, 0.25) is 5.91 Å². The molecule has 3 atom stereocenters. The molecule has 4 amide bonds. The highest BCUT2D eigenvalue weighted by molar-refractivity contribution is 5.97. The number of piperidine rings is 1. The van der Waals surface area contributed by atoms with Gasteiger partial charge >= 0.3 is 18.2 Å². The van der Waals surface area contributed by atoms with Crippen molar-refractivity contribution >= 4 is 35.8 Å². The van der Waals surface area contributed by atoms with E-state index in [1.807, 2.05) is 62.9 Å². The maximum absolute atomic E-state index is 13.8. The lowest BCUT2D eigenvalue weighted by Crippen LogP contribution is -2.56. The number of benzene rings is 1. The van der Waals surface area contributed by atoms with Crippen LogP contribution in [0.25, 0.3) is 11.4 Å². The van der Waals surface area contributed by atoms with Crippen molar-refractivity contribution in [1.29, 1.82) is 0 Å². The molecule has 2 unspecified atom stereocenters. The van der Waals surface area contributed by atoms with Crippen LogP contribution in [0.4, 0.5) is 15.4 Å². The van der Waals surface area contributed by atoms with Gasteiger partial charge in [-0.05, 0) is 33.6 Å². The van der Waals surface area contributed by atoms with Crippen molar-refractivity contribution in [2.24, 2.45) is 11.8 Å². The van der Waals surface area contributed by atoms with E-state index < -0.39 is 41.6 Å². The van der Waals surface area contributed by atoms with E-state index in [0.29, 0.717) is 36.9 Å². The van der Waals surface area contributed by atoms with Crippen LogP contribution < -0.4 is 15.5 Å². The summed E-state index contributed by atoms with van der Waals surface area (Å²) in [5.74, 6) is -0.909. The summed E-state index contributed by atoms with van der Waals surface area (Å²) in [7, 11) is 0. The summed E-state index contributed by atoms with van der Waals surface area (Å²) >= 11 is 0. The van der Waals surface area contributed by atoms with E-state index in [2.05, 4.69) is 15.6 Å². The van der Waals surface area contributed by atoms with Gasteiger partial charge in [0.1, 0.15) is 23.2 Å². The highest BCUT2D eigenvalue weighted by Gasteiger charge is 2.57. The van der Waals surface area contributed by atoms with Crippen molar-refractivity contribution in [3.05, 3.63) is 42.1 Å². The normalized spacial score (nSPS) is 20.4. The lowest BCUT2D eigenvalue weighted by molar-refractivity contribution is -0.138. The zero-order valence-corrected chi connectivity index (χ0v) is 29.1. The molecule has 1 aromatic heterocycles. The molecule has 3 N–H and O–H groups in total. The number of carbonyl (C=O) groups is 5. The molecule has 15 nitrogen and oxygen atoms in total. The Hall–Kier alpha value is -4.95. The van der Waals surface area contributed by atoms with Gasteiger partial charge in [-0.25, -0.2) is 19.6 Å². The maximum Gasteiger partial charge on any atom is 0.409 e. The number of rotatable bonds is 12. The van der Waals surface area contributed by atoms with Crippen molar-refractivity contribution in [1.82, 2.24) is 30.4 Å². The molecule has 2 aliphatic heterocycles. The summed E-state index contributed by atoms with van der Waals surface area (Å²) in [6.07, 6.45) is 0.333. The van der Waals surface area contributed by atoms with Crippen molar-refractivity contribution in [2.45, 2.75) is 71.1 Å². The third-order valence-corrected chi connectivity index (χ3v) is 9.00. The predicted octanol–water partition coefficient (Wildman–Crippen LogP) is 3.15. The Bertz CT molecular complexity index is 1550. The molecular formula is C35H47N7O8. The first-order chi connectivity index (χ1) is 23.8. The lowest BCUT2D eigenvalue weighted by Gasteiger charge is -2.36. The van der Waals surface area contributed by atoms with Crippen LogP contribution in [0.2, 0.25) is 0 Å². The van der Waals surface area contributed by atoms with Crippen LogP contribution in [0.3, 0.4) is 0 Å². The van der Waals surface area contributed by atoms with Gasteiger partial charge in [0.25, 0.3) is 5.91 Å². The molecule has 5 rings (SSSR count). The Morgan fingerprint density at radius 2 is 1.64 bits per heavy atom. The molecule has 0 bridgehead atoms. The van der Waals surface area contributed by atoms with Crippen molar-refractivity contribution in [3.63, 3.8) is 0 Å². The molecule has 2 aromatic rings. The minimum Gasteiger partial charge on any atom is -0.481 e. The number of nitrogens with zero attached hydrogens (tertiary/aromatic N) is 5. The number of carboxylic acid groups (broad SMARTS) is 1. The zero-order chi connectivity index (χ0) is 36.0. The summed E-state index contributed by atoms with van der Waals surface area (Å²) in [6, 6.07) is 9.66. The van der Waals surface area contributed by atoms with E-state index in [4.69, 9.17) is 14.5 Å². The number of aliphatic carboxylic acids is 1. The molecule has 0 radical (unpaired) electrons. The maximum atomic E-state index is 13.8. The Kier molecular flexibility index (Phi) is 11.4. The number of ether oxygens (including phenoxy) is 2. The van der Waals surface area contributed by atoms with Crippen LogP contribution in [0.5, 0.6) is 0 Å². The third-order valence-electron chi connectivity index (χ3n) is 9.00. The number of unbranched alkanes of at least 4 members (excludes halogenated alkanes) is 1. The van der Waals surface area contributed by atoms with Gasteiger partial charge < -0.3 is 39.9 Å². The van der Waals surface area contributed by atoms with Crippen LogP contribution in [-0.4, -0.2) is 118 Å². The second kappa shape index (κ2) is 15.7. The molecule has 3 heterocycles. The minimum atomic E-state index is -1.13. The Morgan fingerprint density at radius 1 is 0.980 bits per heavy atom. The number of alkyl carbamates (subject to hydrolysis) is 1. The second-order valence-corrected chi connectivity index (χ2v) is 13.9. The first-order valence-corrected chi connectivity index (χ1v) is 17.2. The van der Waals surface area contributed by atoms with Crippen LogP contribution in [0, 0.1) is 11.8 Å². The highest BCUT2D eigenvalue weighted by Crippen LogP contribution is 2.46. The van der Waals surface area contributed by atoms with Gasteiger partial charge in [-0.1, -0.05) is 43.7 Å². The lowest BCUT2D eigenvalue weighted by atomic mass is 10.1. The highest BCUT2D eigenvalue weighted by atomic mass is 16.6. The molecule has 50 heavy (non-hydrogen) atoms. The third kappa shape index (κ3) is 9.39. The van der Waals surface area contributed by atoms with E-state index in [0.717, 1.165) is 12.8 Å². The van der Waals surface area contributed by atoms with E-state index >= 15 is 0 Å². The summed E-state index contributed by atoms with van der Waals surface area (Å²) in [5, 5.41) is 15.1. The average Bonchev–Trinajstić information content (AvgIpc) is 3.49. The summed E-state index contributed by atoms with van der Waals surface area (Å²) < 4.78 is 10.7. The topological polar surface area (TPSA) is 184 Å². The molecule has 1 aromatic carbocycles. The molecule has 3 fully saturated rings. The zero-order valence-electron chi connectivity index (χ0n) is 29.1. The largest absolute Gasteiger partial charge is 0.481 e. The van der Waals surface area contributed by atoms with E-state index in [1.165, 1.54) is 9.80 Å². The standard InChI is InChI=1S/C35H47N7O8/c1-5-6-18-49-34(48)41-16-14-40(15-17-41)32(46)25(12-13-28(43)44)37-31(45)26-19-27(38-30(36-26)22-10-8-7-9-11-22)42-20-23-24(21-42)29(23)39-33(47)50-35(2,3)4/h7-11,19,23-25,29H,5-6,12-18,20-21H2,1-4H3,(H,37,45)(H,39,47)(H,43,44)/t23?,24?,25-,29?/m0/s1. The van der Waals surface area contributed by atoms with Gasteiger partial charge in [-0.15, -0.1) is 0 Å². The van der Waals surface area contributed by atoms with Crippen LogP contribution >= 0.6 is 0 Å². The molecular weight excluding hydrogens is 646 g/mol. The Labute approximate surface area is 291 Å². The Morgan fingerprint density at radius 3 is 2.26 bits per heavy atom. The van der Waals surface area contributed by atoms with Gasteiger partial charge in [-0.2, -0.15) is 0 Å². The number of fused-ring (bicyclic) bond motifs is 1. The van der Waals surface area contributed by atoms with E-state index in [1.54, 1.807) is 6.07 Å². The Balaban J connectivity index is 1.28. The van der Waals surface area contributed by atoms with Crippen molar-refractivity contribution < 1.29 is 38.6 Å². The number of carboxylic acids is 1. The summed E-state index contributed by atoms with van der Waals surface area (Å²) in [4.78, 5) is 78.1. The fourth-order valence-electron chi connectivity index (χ4n) is 6.28. The molecule has 270 valence electrons. The first-order valence-electron chi connectivity index (χ1n) is 17.2. The monoisotopic (exact) mass is 693 g/mol. The van der Waals surface area contributed by atoms with Crippen LogP contribution in [0.15, 0.2) is 36.4 Å². The summed E-state index contributed by atoms with van der Waals surface area (Å²) in [6.45, 7) is 9.96. The molecule has 0 spiro atoms. The number of nitrogens with one attached hydrogen (secondary N) is 2. The van der Waals surface area contributed by atoms with Crippen molar-refractivity contribution in [2.75, 3.05) is 50.8 Å². The van der Waals surface area contributed by atoms with Gasteiger partial charge in [0.05, 0.1) is 6.61 Å². The van der Waals surface area contributed by atoms with Crippen LogP contribution in [0.1, 0.15) is 63.9 Å². The van der Waals surface area contributed by atoms with E-state index in [-0.39, 0.29) is 62.6 Å². The smallest absolute Gasteiger partial charge is 0.409 e. The number of aromatic nitrogens is 2. The number of anilines is 1. The minimum absolute atomic E-state index is 0.00567. The van der Waals surface area contributed by atoms with Gasteiger partial charge in [0.15, 0.2) is 5.82 Å². The van der Waals surface area contributed by atoms with E-state index in [9.17, 15) is 29.1 Å². The fraction of sp³-hybridized carbons (Fsp3) is 0.571. The number of amides is 4. The number of hydrogen-bond acceptors (Lipinski definition) is 10. The average molecular weight is 694 g/mol. The fourth-order valence-corrected chi connectivity index (χ4v) is 6.28. The van der Waals surface area contributed by atoms with Crippen LogP contribution in [-0.2, 0) is 19.1 Å². The number of hydrogen-bond donors (Lipinski definition) is 3. The van der Waals surface area contributed by atoms with Crippen molar-refractivity contribution in [3.8, 4) is 11.4 Å². The first kappa shape index (κ1) is 36.3. The number of carbonyl (C=O) groups excluding carboxylic acids is 4. The molecule has 15 heteroatoms. The summed E-state index contributed by atoms with van der Waals surface area (Å²) in [5.41, 5.74) is 0.133. The molecule has 1 aliphatic carbocycles. The molecule has 2 saturated heterocycles. The molecule has 1 saturated carbocycles. The van der Waals surface area contributed by atoms with Gasteiger partial charge in [-0.3, -0.25) is 14.4 Å².